The maximum absolute atomic E-state index is 4.35. The van der Waals surface area contributed by atoms with Crippen molar-refractivity contribution in [2.45, 2.75) is 25.8 Å². The molecule has 3 nitrogen and oxygen atoms in total. The quantitative estimate of drug-likeness (QED) is 0.747. The zero-order chi connectivity index (χ0) is 13.0. The van der Waals surface area contributed by atoms with E-state index in [4.69, 9.17) is 0 Å². The van der Waals surface area contributed by atoms with Gasteiger partial charge in [0.15, 0.2) is 0 Å². The molecular weight excluding hydrogens is 358 g/mol. The van der Waals surface area contributed by atoms with E-state index in [-0.39, 0.29) is 0 Å². The molecule has 1 heterocycles. The average Bonchev–Trinajstić information content (AvgIpc) is 2.84. The van der Waals surface area contributed by atoms with Gasteiger partial charge in [0.25, 0.3) is 0 Å². The Morgan fingerprint density at radius 3 is 2.78 bits per heavy atom. The third-order valence-corrected chi connectivity index (χ3v) is 4.46. The molecule has 1 atom stereocenters. The summed E-state index contributed by atoms with van der Waals surface area (Å²) < 4.78 is 3.10. The van der Waals surface area contributed by atoms with E-state index in [1.165, 1.54) is 5.56 Å². The molecule has 18 heavy (non-hydrogen) atoms. The van der Waals surface area contributed by atoms with E-state index in [1.54, 1.807) is 6.33 Å². The van der Waals surface area contributed by atoms with E-state index in [9.17, 15) is 0 Å². The monoisotopic (exact) mass is 371 g/mol. The molecule has 0 aliphatic carbocycles. The van der Waals surface area contributed by atoms with Gasteiger partial charge in [-0.1, -0.05) is 50.1 Å². The van der Waals surface area contributed by atoms with E-state index in [0.717, 1.165) is 28.6 Å². The maximum atomic E-state index is 4.35. The summed E-state index contributed by atoms with van der Waals surface area (Å²) in [5.74, 6) is 1.44. The number of benzene rings is 1. The van der Waals surface area contributed by atoms with Crippen molar-refractivity contribution in [2.24, 2.45) is 0 Å². The van der Waals surface area contributed by atoms with Crippen molar-refractivity contribution in [2.75, 3.05) is 5.33 Å². The first-order chi connectivity index (χ1) is 8.76. The first-order valence-corrected chi connectivity index (χ1v) is 7.84. The molecule has 0 aliphatic heterocycles. The SMILES string of the molecule is CCn1ncnc1CC(CBr)c1ccccc1Br. The minimum Gasteiger partial charge on any atom is -0.250 e. The van der Waals surface area contributed by atoms with E-state index in [1.807, 2.05) is 10.7 Å². The zero-order valence-corrected chi connectivity index (χ0v) is 13.4. The molecular formula is C13H15Br2N3. The minimum absolute atomic E-state index is 0.398. The van der Waals surface area contributed by atoms with Gasteiger partial charge in [0.05, 0.1) is 0 Å². The molecule has 1 aromatic heterocycles. The van der Waals surface area contributed by atoms with Crippen molar-refractivity contribution in [3.05, 3.63) is 46.5 Å². The van der Waals surface area contributed by atoms with Crippen LogP contribution in [0.15, 0.2) is 35.1 Å². The molecule has 2 rings (SSSR count). The molecule has 0 N–H and O–H groups in total. The summed E-state index contributed by atoms with van der Waals surface area (Å²) in [6, 6.07) is 8.34. The van der Waals surface area contributed by atoms with Gasteiger partial charge >= 0.3 is 0 Å². The van der Waals surface area contributed by atoms with Crippen LogP contribution in [-0.4, -0.2) is 20.1 Å². The predicted octanol–water partition coefficient (Wildman–Crippen LogP) is 3.78. The highest BCUT2D eigenvalue weighted by molar-refractivity contribution is 9.10. The van der Waals surface area contributed by atoms with Crippen LogP contribution in [0.3, 0.4) is 0 Å². The average molecular weight is 373 g/mol. The number of nitrogens with zero attached hydrogens (tertiary/aromatic N) is 3. The van der Waals surface area contributed by atoms with E-state index in [0.29, 0.717) is 5.92 Å². The van der Waals surface area contributed by atoms with Crippen LogP contribution in [0.25, 0.3) is 0 Å². The van der Waals surface area contributed by atoms with Gasteiger partial charge in [-0.15, -0.1) is 0 Å². The highest BCUT2D eigenvalue weighted by atomic mass is 79.9. The first-order valence-electron chi connectivity index (χ1n) is 5.93. The van der Waals surface area contributed by atoms with Gasteiger partial charge in [-0.05, 0) is 18.6 Å². The number of alkyl halides is 1. The molecule has 0 aliphatic rings. The largest absolute Gasteiger partial charge is 0.250 e. The third-order valence-electron chi connectivity index (χ3n) is 2.96. The number of aromatic nitrogens is 3. The number of halogens is 2. The van der Waals surface area contributed by atoms with Crippen molar-refractivity contribution in [3.8, 4) is 0 Å². The predicted molar refractivity (Wildman–Crippen MR) is 80.1 cm³/mol. The Kier molecular flexibility index (Phi) is 4.95. The van der Waals surface area contributed by atoms with Crippen molar-refractivity contribution in [3.63, 3.8) is 0 Å². The second-order valence-corrected chi connectivity index (χ2v) is 5.57. The van der Waals surface area contributed by atoms with E-state index < -0.39 is 0 Å². The Morgan fingerprint density at radius 1 is 1.33 bits per heavy atom. The normalized spacial score (nSPS) is 12.6. The summed E-state index contributed by atoms with van der Waals surface area (Å²) >= 11 is 7.21. The van der Waals surface area contributed by atoms with Crippen LogP contribution in [0.2, 0.25) is 0 Å². The molecule has 0 fully saturated rings. The number of rotatable bonds is 5. The van der Waals surface area contributed by atoms with Crippen LogP contribution in [0.1, 0.15) is 24.2 Å². The number of hydrogen-bond acceptors (Lipinski definition) is 2. The molecule has 5 heteroatoms. The van der Waals surface area contributed by atoms with Crippen LogP contribution in [0.5, 0.6) is 0 Å². The first kappa shape index (κ1) is 13.7. The molecule has 0 amide bonds. The fourth-order valence-electron chi connectivity index (χ4n) is 1.98. The van der Waals surface area contributed by atoms with Gasteiger partial charge < -0.3 is 0 Å². The van der Waals surface area contributed by atoms with Gasteiger partial charge in [-0.2, -0.15) is 5.10 Å². The summed E-state index contributed by atoms with van der Waals surface area (Å²) in [7, 11) is 0. The zero-order valence-electron chi connectivity index (χ0n) is 10.2. The fraction of sp³-hybridized carbons (Fsp3) is 0.385. The van der Waals surface area contributed by atoms with Gasteiger partial charge in [0, 0.05) is 28.7 Å². The molecule has 1 unspecified atom stereocenters. The summed E-state index contributed by atoms with van der Waals surface area (Å²) in [6.45, 7) is 2.94. The number of aryl methyl sites for hydroxylation is 1. The minimum atomic E-state index is 0.398. The molecule has 0 saturated carbocycles. The Balaban J connectivity index is 2.23. The van der Waals surface area contributed by atoms with E-state index >= 15 is 0 Å². The van der Waals surface area contributed by atoms with Gasteiger partial charge in [0.1, 0.15) is 12.2 Å². The Labute approximate surface area is 124 Å². The smallest absolute Gasteiger partial charge is 0.138 e. The van der Waals surface area contributed by atoms with Crippen molar-refractivity contribution in [1.29, 1.82) is 0 Å². The topological polar surface area (TPSA) is 30.7 Å². The molecule has 0 bridgehead atoms. The molecule has 1 aromatic carbocycles. The van der Waals surface area contributed by atoms with Crippen LogP contribution >= 0.6 is 31.9 Å². The van der Waals surface area contributed by atoms with Crippen LogP contribution in [0, 0.1) is 0 Å². The summed E-state index contributed by atoms with van der Waals surface area (Å²) in [5, 5.41) is 5.13. The molecule has 2 aromatic rings. The molecule has 0 spiro atoms. The lowest BCUT2D eigenvalue weighted by Crippen LogP contribution is -2.11. The summed E-state index contributed by atoms with van der Waals surface area (Å²) in [4.78, 5) is 4.35. The summed E-state index contributed by atoms with van der Waals surface area (Å²) in [5.41, 5.74) is 1.31. The highest BCUT2D eigenvalue weighted by Crippen LogP contribution is 2.28. The van der Waals surface area contributed by atoms with E-state index in [2.05, 4.69) is 67.1 Å². The second-order valence-electron chi connectivity index (χ2n) is 4.07. The molecule has 96 valence electrons. The van der Waals surface area contributed by atoms with Crippen molar-refractivity contribution >= 4 is 31.9 Å². The van der Waals surface area contributed by atoms with Crippen molar-refractivity contribution < 1.29 is 0 Å². The second kappa shape index (κ2) is 6.48. The van der Waals surface area contributed by atoms with Gasteiger partial charge in [0.2, 0.25) is 0 Å². The highest BCUT2D eigenvalue weighted by Gasteiger charge is 2.16. The standard InChI is InChI=1S/C13H15Br2N3/c1-2-18-13(16-9-17-18)7-10(8-14)11-5-3-4-6-12(11)15/h3-6,9-10H,2,7-8H2,1H3. The lowest BCUT2D eigenvalue weighted by atomic mass is 9.97. The Hall–Kier alpha value is -0.680. The van der Waals surface area contributed by atoms with Crippen LogP contribution in [0.4, 0.5) is 0 Å². The Bertz CT molecular complexity index is 510. The van der Waals surface area contributed by atoms with Gasteiger partial charge in [-0.3, -0.25) is 4.68 Å². The fourth-order valence-corrected chi connectivity index (χ4v) is 3.17. The lowest BCUT2D eigenvalue weighted by Gasteiger charge is -2.16. The maximum Gasteiger partial charge on any atom is 0.138 e. The van der Waals surface area contributed by atoms with Crippen LogP contribution < -0.4 is 0 Å². The molecule has 0 radical (unpaired) electrons. The summed E-state index contributed by atoms with van der Waals surface area (Å²) in [6.07, 6.45) is 2.52. The Morgan fingerprint density at radius 2 is 2.11 bits per heavy atom. The lowest BCUT2D eigenvalue weighted by molar-refractivity contribution is 0.591. The molecule has 0 saturated heterocycles. The van der Waals surface area contributed by atoms with Crippen LogP contribution in [-0.2, 0) is 13.0 Å². The number of hydrogen-bond donors (Lipinski definition) is 0. The van der Waals surface area contributed by atoms with Gasteiger partial charge in [-0.25, -0.2) is 4.98 Å². The third kappa shape index (κ3) is 3.01. The van der Waals surface area contributed by atoms with Crippen molar-refractivity contribution in [1.82, 2.24) is 14.8 Å².